The minimum atomic E-state index is -3.85. The first-order valence-electron chi connectivity index (χ1n) is 7.77. The van der Waals surface area contributed by atoms with Crippen molar-refractivity contribution in [2.45, 2.75) is 55.3 Å². The van der Waals surface area contributed by atoms with Crippen molar-refractivity contribution in [2.24, 2.45) is 0 Å². The van der Waals surface area contributed by atoms with E-state index >= 15 is 0 Å². The Bertz CT molecular complexity index is 743. The van der Waals surface area contributed by atoms with E-state index in [0.717, 1.165) is 4.90 Å². The lowest BCUT2D eigenvalue weighted by Crippen LogP contribution is -2.45. The molecule has 1 aromatic carbocycles. The Morgan fingerprint density at radius 3 is 2.44 bits per heavy atom. The summed E-state index contributed by atoms with van der Waals surface area (Å²) in [5.74, 6) is 0. The number of benzene rings is 1. The molecule has 1 aliphatic rings. The fourth-order valence-corrected chi connectivity index (χ4v) is 4.95. The lowest BCUT2D eigenvalue weighted by molar-refractivity contribution is -0.0912. The van der Waals surface area contributed by atoms with Crippen LogP contribution >= 0.6 is 11.6 Å². The maximum Gasteiger partial charge on any atom is 0.410 e. The van der Waals surface area contributed by atoms with Crippen LogP contribution in [0.1, 0.15) is 27.2 Å². The summed E-state index contributed by atoms with van der Waals surface area (Å²) in [5.41, 5.74) is -0.790. The topological polar surface area (TPSA) is 104 Å². The van der Waals surface area contributed by atoms with Gasteiger partial charge in [0.1, 0.15) is 5.60 Å². The maximum atomic E-state index is 12.9. The van der Waals surface area contributed by atoms with E-state index in [1.54, 1.807) is 32.9 Å². The SMILES string of the molecule is CC(C)(C)OC(=O)N1C[C@@H](S(=O)(=O)c2ccccc2Cl)C[C@H]1C(O)O. The molecule has 0 bridgehead atoms. The van der Waals surface area contributed by atoms with Crippen LogP contribution in [-0.4, -0.2) is 59.4 Å². The Morgan fingerprint density at radius 1 is 1.32 bits per heavy atom. The second-order valence-electron chi connectivity index (χ2n) is 6.95. The van der Waals surface area contributed by atoms with Crippen molar-refractivity contribution in [1.82, 2.24) is 4.90 Å². The molecule has 0 radical (unpaired) electrons. The average molecular weight is 392 g/mol. The highest BCUT2D eigenvalue weighted by Gasteiger charge is 2.46. The molecule has 9 heteroatoms. The van der Waals surface area contributed by atoms with Crippen molar-refractivity contribution in [1.29, 1.82) is 0 Å². The third-order valence-electron chi connectivity index (χ3n) is 3.86. The number of rotatable bonds is 3. The summed E-state index contributed by atoms with van der Waals surface area (Å²) in [7, 11) is -3.85. The van der Waals surface area contributed by atoms with Gasteiger partial charge in [0.2, 0.25) is 0 Å². The van der Waals surface area contributed by atoms with E-state index in [9.17, 15) is 23.4 Å². The molecular weight excluding hydrogens is 370 g/mol. The molecule has 1 heterocycles. The predicted molar refractivity (Wildman–Crippen MR) is 92.0 cm³/mol. The van der Waals surface area contributed by atoms with Gasteiger partial charge in [-0.2, -0.15) is 0 Å². The highest BCUT2D eigenvalue weighted by Crippen LogP contribution is 2.33. The Hall–Kier alpha value is -1.35. The Labute approximate surface area is 152 Å². The van der Waals surface area contributed by atoms with Gasteiger partial charge in [-0.3, -0.25) is 4.90 Å². The van der Waals surface area contributed by atoms with Gasteiger partial charge in [-0.1, -0.05) is 23.7 Å². The first-order valence-corrected chi connectivity index (χ1v) is 9.70. The summed E-state index contributed by atoms with van der Waals surface area (Å²) in [6, 6.07) is 4.95. The molecule has 7 nitrogen and oxygen atoms in total. The minimum Gasteiger partial charge on any atom is -0.444 e. The van der Waals surface area contributed by atoms with E-state index in [0.29, 0.717) is 0 Å². The van der Waals surface area contributed by atoms with Gasteiger partial charge in [0.05, 0.1) is 21.2 Å². The van der Waals surface area contributed by atoms with E-state index in [4.69, 9.17) is 16.3 Å². The molecule has 0 saturated carbocycles. The van der Waals surface area contributed by atoms with Crippen molar-refractivity contribution in [3.05, 3.63) is 29.3 Å². The molecule has 140 valence electrons. The molecule has 0 spiro atoms. The van der Waals surface area contributed by atoms with Crippen molar-refractivity contribution >= 4 is 27.5 Å². The quantitative estimate of drug-likeness (QED) is 0.761. The molecule has 0 unspecified atom stereocenters. The Morgan fingerprint density at radius 2 is 1.92 bits per heavy atom. The summed E-state index contributed by atoms with van der Waals surface area (Å²) in [4.78, 5) is 13.3. The number of nitrogens with zero attached hydrogens (tertiary/aromatic N) is 1. The third-order valence-corrected chi connectivity index (χ3v) is 6.49. The zero-order valence-electron chi connectivity index (χ0n) is 14.2. The van der Waals surface area contributed by atoms with Crippen molar-refractivity contribution in [3.63, 3.8) is 0 Å². The number of hydrogen-bond acceptors (Lipinski definition) is 6. The monoisotopic (exact) mass is 391 g/mol. The van der Waals surface area contributed by atoms with Crippen LogP contribution in [0.4, 0.5) is 4.79 Å². The van der Waals surface area contributed by atoms with Gasteiger partial charge >= 0.3 is 6.09 Å². The summed E-state index contributed by atoms with van der Waals surface area (Å²) in [6.07, 6.45) is -2.79. The lowest BCUT2D eigenvalue weighted by Gasteiger charge is -2.29. The zero-order valence-corrected chi connectivity index (χ0v) is 15.8. The maximum absolute atomic E-state index is 12.9. The smallest absolute Gasteiger partial charge is 0.410 e. The summed E-state index contributed by atoms with van der Waals surface area (Å²) in [5, 5.41) is 18.2. The first kappa shape index (κ1) is 20.0. The number of hydrogen-bond donors (Lipinski definition) is 2. The van der Waals surface area contributed by atoms with Crippen LogP contribution in [0, 0.1) is 0 Å². The zero-order chi connectivity index (χ0) is 19.0. The molecule has 0 aliphatic carbocycles. The molecule has 1 saturated heterocycles. The molecule has 2 N–H and O–H groups in total. The van der Waals surface area contributed by atoms with Gasteiger partial charge in [-0.25, -0.2) is 13.2 Å². The molecule has 0 aromatic heterocycles. The molecule has 2 atom stereocenters. The molecule has 1 aromatic rings. The molecule has 1 fully saturated rings. The highest BCUT2D eigenvalue weighted by atomic mass is 35.5. The van der Waals surface area contributed by atoms with Crippen molar-refractivity contribution in [3.8, 4) is 0 Å². The summed E-state index contributed by atoms with van der Waals surface area (Å²) in [6.45, 7) is 4.81. The van der Waals surface area contributed by atoms with Crippen LogP contribution < -0.4 is 0 Å². The van der Waals surface area contributed by atoms with Gasteiger partial charge < -0.3 is 14.9 Å². The van der Waals surface area contributed by atoms with Crippen LogP contribution in [0.5, 0.6) is 0 Å². The number of aliphatic hydroxyl groups excluding tert-OH is 1. The summed E-state index contributed by atoms with van der Waals surface area (Å²) < 4.78 is 30.9. The number of likely N-dealkylation sites (tertiary alicyclic amines) is 1. The largest absolute Gasteiger partial charge is 0.444 e. The fraction of sp³-hybridized carbons (Fsp3) is 0.562. The van der Waals surface area contributed by atoms with Crippen molar-refractivity contribution < 1.29 is 28.2 Å². The number of carbonyl (C=O) groups is 1. The number of amides is 1. The molecule has 25 heavy (non-hydrogen) atoms. The van der Waals surface area contributed by atoms with Crippen LogP contribution in [0.2, 0.25) is 5.02 Å². The minimum absolute atomic E-state index is 0.0427. The first-order chi connectivity index (χ1) is 11.4. The molecular formula is C16H22ClNO6S. The fourth-order valence-electron chi connectivity index (χ4n) is 2.72. The summed E-state index contributed by atoms with van der Waals surface area (Å²) >= 11 is 5.99. The van der Waals surface area contributed by atoms with E-state index in [2.05, 4.69) is 0 Å². The number of halogens is 1. The highest BCUT2D eigenvalue weighted by molar-refractivity contribution is 7.92. The number of carbonyl (C=O) groups excluding carboxylic acids is 1. The number of sulfone groups is 1. The molecule has 1 amide bonds. The van der Waals surface area contributed by atoms with Gasteiger partial charge in [0.15, 0.2) is 16.1 Å². The van der Waals surface area contributed by atoms with Crippen LogP contribution in [0.15, 0.2) is 29.2 Å². The van der Waals surface area contributed by atoms with Crippen LogP contribution in [0.3, 0.4) is 0 Å². The van der Waals surface area contributed by atoms with E-state index in [1.807, 2.05) is 0 Å². The standard InChI is InChI=1S/C16H22ClNO6S/c1-16(2,3)24-15(21)18-9-10(8-12(18)14(19)20)25(22,23)13-7-5-4-6-11(13)17/h4-7,10,12,14,19-20H,8-9H2,1-3H3/t10-,12-/m0/s1. The molecule has 2 rings (SSSR count). The van der Waals surface area contributed by atoms with Crippen LogP contribution in [-0.2, 0) is 14.6 Å². The van der Waals surface area contributed by atoms with Crippen LogP contribution in [0.25, 0.3) is 0 Å². The van der Waals surface area contributed by atoms with Gasteiger partial charge in [0.25, 0.3) is 0 Å². The van der Waals surface area contributed by atoms with E-state index in [1.165, 1.54) is 12.1 Å². The lowest BCUT2D eigenvalue weighted by atomic mass is 10.2. The second-order valence-corrected chi connectivity index (χ2v) is 9.55. The Kier molecular flexibility index (Phi) is 5.68. The predicted octanol–water partition coefficient (Wildman–Crippen LogP) is 1.80. The van der Waals surface area contributed by atoms with E-state index in [-0.39, 0.29) is 22.9 Å². The Balaban J connectivity index is 2.30. The van der Waals surface area contributed by atoms with E-state index < -0.39 is 39.1 Å². The average Bonchev–Trinajstić information content (AvgIpc) is 2.92. The normalized spacial score (nSPS) is 21.6. The van der Waals surface area contributed by atoms with Gasteiger partial charge in [-0.15, -0.1) is 0 Å². The van der Waals surface area contributed by atoms with Gasteiger partial charge in [0, 0.05) is 6.54 Å². The van der Waals surface area contributed by atoms with Gasteiger partial charge in [-0.05, 0) is 39.3 Å². The second kappa shape index (κ2) is 7.11. The number of ether oxygens (including phenoxy) is 1. The third kappa shape index (κ3) is 4.44. The number of aliphatic hydroxyl groups is 2. The van der Waals surface area contributed by atoms with Crippen molar-refractivity contribution in [2.75, 3.05) is 6.54 Å². The molecule has 1 aliphatic heterocycles.